The van der Waals surface area contributed by atoms with Crippen LogP contribution in [0.3, 0.4) is 0 Å². The molecule has 0 radical (unpaired) electrons. The fourth-order valence-corrected chi connectivity index (χ4v) is 5.10. The summed E-state index contributed by atoms with van der Waals surface area (Å²) in [7, 11) is -2.91. The average Bonchev–Trinajstić information content (AvgIpc) is 2.83. The van der Waals surface area contributed by atoms with E-state index in [-0.39, 0.29) is 23.0 Å². The van der Waals surface area contributed by atoms with Crippen LogP contribution in [0.25, 0.3) is 11.0 Å². The fraction of sp³-hybridized carbons (Fsp3) is 0.500. The molecule has 3 rings (SSSR count). The Bertz CT molecular complexity index is 911. The summed E-state index contributed by atoms with van der Waals surface area (Å²) >= 11 is 0. The Kier molecular flexibility index (Phi) is 4.67. The smallest absolute Gasteiger partial charge is 0.336 e. The Morgan fingerprint density at radius 3 is 2.75 bits per heavy atom. The maximum Gasteiger partial charge on any atom is 0.336 e. The predicted molar refractivity (Wildman–Crippen MR) is 93.5 cm³/mol. The van der Waals surface area contributed by atoms with Crippen LogP contribution in [-0.2, 0) is 16.3 Å². The number of ether oxygens (including phenoxy) is 1. The summed E-state index contributed by atoms with van der Waals surface area (Å²) in [6.07, 6.45) is 2.31. The molecule has 130 valence electrons. The van der Waals surface area contributed by atoms with Crippen molar-refractivity contribution in [1.29, 1.82) is 0 Å². The highest BCUT2D eigenvalue weighted by molar-refractivity contribution is 7.91. The number of aryl methyl sites for hydroxylation is 2. The molecule has 1 aromatic carbocycles. The maximum absolute atomic E-state index is 11.8. The summed E-state index contributed by atoms with van der Waals surface area (Å²) in [6.45, 7) is 4.33. The minimum atomic E-state index is -2.91. The number of benzene rings is 1. The van der Waals surface area contributed by atoms with E-state index in [1.807, 2.05) is 19.1 Å². The van der Waals surface area contributed by atoms with Gasteiger partial charge in [0.2, 0.25) is 0 Å². The van der Waals surface area contributed by atoms with Crippen LogP contribution in [-0.4, -0.2) is 26.5 Å². The third kappa shape index (κ3) is 3.64. The van der Waals surface area contributed by atoms with Gasteiger partial charge < -0.3 is 9.15 Å². The Morgan fingerprint density at radius 2 is 2.08 bits per heavy atom. The summed E-state index contributed by atoms with van der Waals surface area (Å²) in [5, 5.41) is 0.822. The standard InChI is InChI=1S/C18H22O5S/c1-3-4-14-9-17(19)23-16-8-12(2)7-15(18(14)16)22-10-13-5-6-24(20,21)11-13/h7-9,13H,3-6,10-11H2,1-2H3. The van der Waals surface area contributed by atoms with Gasteiger partial charge in [0.1, 0.15) is 11.3 Å². The van der Waals surface area contributed by atoms with Gasteiger partial charge in [-0.3, -0.25) is 0 Å². The molecule has 2 heterocycles. The molecule has 2 aromatic rings. The Hall–Kier alpha value is -1.82. The molecule has 1 atom stereocenters. The number of fused-ring (bicyclic) bond motifs is 1. The van der Waals surface area contributed by atoms with Crippen molar-refractivity contribution in [3.05, 3.63) is 39.7 Å². The maximum atomic E-state index is 11.8. The molecule has 6 heteroatoms. The van der Waals surface area contributed by atoms with E-state index in [1.54, 1.807) is 0 Å². The summed E-state index contributed by atoms with van der Waals surface area (Å²) in [5.41, 5.74) is 2.02. The predicted octanol–water partition coefficient (Wildman–Crippen LogP) is 2.87. The van der Waals surface area contributed by atoms with Crippen molar-refractivity contribution in [3.8, 4) is 5.75 Å². The minimum Gasteiger partial charge on any atom is -0.492 e. The van der Waals surface area contributed by atoms with Crippen molar-refractivity contribution in [2.75, 3.05) is 18.1 Å². The molecule has 0 aliphatic carbocycles. The number of rotatable bonds is 5. The molecule has 1 saturated heterocycles. The summed E-state index contributed by atoms with van der Waals surface area (Å²) < 4.78 is 34.5. The molecule has 0 spiro atoms. The second kappa shape index (κ2) is 6.59. The fourth-order valence-electron chi connectivity index (χ4n) is 3.26. The van der Waals surface area contributed by atoms with Crippen LogP contribution in [0.15, 0.2) is 27.4 Å². The lowest BCUT2D eigenvalue weighted by Crippen LogP contribution is -2.14. The highest BCUT2D eigenvalue weighted by Crippen LogP contribution is 2.31. The second-order valence-electron chi connectivity index (χ2n) is 6.56. The van der Waals surface area contributed by atoms with E-state index in [0.717, 1.165) is 29.4 Å². The summed E-state index contributed by atoms with van der Waals surface area (Å²) in [6, 6.07) is 5.28. The topological polar surface area (TPSA) is 73.6 Å². The van der Waals surface area contributed by atoms with Crippen molar-refractivity contribution >= 4 is 20.8 Å². The van der Waals surface area contributed by atoms with E-state index in [9.17, 15) is 13.2 Å². The van der Waals surface area contributed by atoms with Gasteiger partial charge in [0, 0.05) is 12.0 Å². The highest BCUT2D eigenvalue weighted by atomic mass is 32.2. The number of sulfone groups is 1. The van der Waals surface area contributed by atoms with Gasteiger partial charge in [-0.2, -0.15) is 0 Å². The van der Waals surface area contributed by atoms with Gasteiger partial charge in [0.05, 0.1) is 23.5 Å². The molecule has 1 aliphatic heterocycles. The van der Waals surface area contributed by atoms with E-state index in [4.69, 9.17) is 9.15 Å². The van der Waals surface area contributed by atoms with E-state index < -0.39 is 9.84 Å². The monoisotopic (exact) mass is 350 g/mol. The third-order valence-electron chi connectivity index (χ3n) is 4.35. The van der Waals surface area contributed by atoms with Crippen LogP contribution >= 0.6 is 0 Å². The van der Waals surface area contributed by atoms with Crippen LogP contribution in [0.2, 0.25) is 0 Å². The second-order valence-corrected chi connectivity index (χ2v) is 8.79. The van der Waals surface area contributed by atoms with Gasteiger partial charge >= 0.3 is 5.63 Å². The van der Waals surface area contributed by atoms with E-state index in [0.29, 0.717) is 24.4 Å². The lowest BCUT2D eigenvalue weighted by atomic mass is 10.0. The van der Waals surface area contributed by atoms with Gasteiger partial charge in [-0.1, -0.05) is 13.3 Å². The largest absolute Gasteiger partial charge is 0.492 e. The molecule has 5 nitrogen and oxygen atoms in total. The molecule has 0 amide bonds. The molecule has 0 bridgehead atoms. The molecule has 1 aromatic heterocycles. The average molecular weight is 350 g/mol. The number of hydrogen-bond donors (Lipinski definition) is 0. The van der Waals surface area contributed by atoms with Crippen LogP contribution in [0.4, 0.5) is 0 Å². The zero-order chi connectivity index (χ0) is 17.3. The van der Waals surface area contributed by atoms with Gasteiger partial charge in [-0.25, -0.2) is 13.2 Å². The van der Waals surface area contributed by atoms with Crippen LogP contribution in [0.1, 0.15) is 30.9 Å². The molecule has 1 unspecified atom stereocenters. The highest BCUT2D eigenvalue weighted by Gasteiger charge is 2.28. The van der Waals surface area contributed by atoms with Crippen molar-refractivity contribution in [3.63, 3.8) is 0 Å². The molecule has 0 N–H and O–H groups in total. The van der Waals surface area contributed by atoms with Gasteiger partial charge in [0.25, 0.3) is 0 Å². The zero-order valence-electron chi connectivity index (χ0n) is 14.0. The van der Waals surface area contributed by atoms with E-state index in [2.05, 4.69) is 6.92 Å². The van der Waals surface area contributed by atoms with Crippen molar-refractivity contribution in [1.82, 2.24) is 0 Å². The molecular formula is C18H22O5S. The first-order valence-corrected chi connectivity index (χ1v) is 10.1. The van der Waals surface area contributed by atoms with Crippen molar-refractivity contribution in [2.24, 2.45) is 5.92 Å². The molecule has 1 aliphatic rings. The molecule has 0 saturated carbocycles. The normalized spacial score (nSPS) is 19.7. The van der Waals surface area contributed by atoms with Gasteiger partial charge in [-0.15, -0.1) is 0 Å². The SMILES string of the molecule is CCCc1cc(=O)oc2cc(C)cc(OCC3CCS(=O)(=O)C3)c12. The third-order valence-corrected chi connectivity index (χ3v) is 6.19. The first-order valence-electron chi connectivity index (χ1n) is 8.28. The van der Waals surface area contributed by atoms with Gasteiger partial charge in [-0.05, 0) is 43.0 Å². The number of hydrogen-bond acceptors (Lipinski definition) is 5. The Balaban J connectivity index is 1.95. The van der Waals surface area contributed by atoms with Gasteiger partial charge in [0.15, 0.2) is 9.84 Å². The summed E-state index contributed by atoms with van der Waals surface area (Å²) in [4.78, 5) is 11.8. The quantitative estimate of drug-likeness (QED) is 0.775. The van der Waals surface area contributed by atoms with Crippen LogP contribution in [0, 0.1) is 12.8 Å². The van der Waals surface area contributed by atoms with Crippen LogP contribution < -0.4 is 10.4 Å². The zero-order valence-corrected chi connectivity index (χ0v) is 14.8. The minimum absolute atomic E-state index is 0.0240. The van der Waals surface area contributed by atoms with Crippen molar-refractivity contribution in [2.45, 2.75) is 33.1 Å². The first-order chi connectivity index (χ1) is 11.4. The molecular weight excluding hydrogens is 328 g/mol. The van der Waals surface area contributed by atoms with E-state index in [1.165, 1.54) is 6.07 Å². The van der Waals surface area contributed by atoms with E-state index >= 15 is 0 Å². The first kappa shape index (κ1) is 17.0. The lowest BCUT2D eigenvalue weighted by molar-refractivity contribution is 0.265. The van der Waals surface area contributed by atoms with Crippen LogP contribution in [0.5, 0.6) is 5.75 Å². The molecule has 24 heavy (non-hydrogen) atoms. The Morgan fingerprint density at radius 1 is 1.29 bits per heavy atom. The van der Waals surface area contributed by atoms with Crippen molar-refractivity contribution < 1.29 is 17.6 Å². The molecule has 1 fully saturated rings. The lowest BCUT2D eigenvalue weighted by Gasteiger charge is -2.15. The Labute approximate surface area is 141 Å². The summed E-state index contributed by atoms with van der Waals surface area (Å²) in [5.74, 6) is 1.12.